The number of nitrogens with zero attached hydrogens (tertiary/aromatic N) is 1. The third-order valence-corrected chi connectivity index (χ3v) is 6.37. The fourth-order valence-corrected chi connectivity index (χ4v) is 4.05. The van der Waals surface area contributed by atoms with Gasteiger partial charge in [-0.3, -0.25) is 4.79 Å². The van der Waals surface area contributed by atoms with Crippen molar-refractivity contribution in [3.05, 3.63) is 59.5 Å². The van der Waals surface area contributed by atoms with E-state index in [0.29, 0.717) is 32.0 Å². The number of aliphatic hydroxyl groups is 1. The highest BCUT2D eigenvalue weighted by Gasteiger charge is 2.41. The number of aliphatic hydroxyl groups excluding tert-OH is 1. The minimum absolute atomic E-state index is 0.0385. The minimum atomic E-state index is -1.17. The number of carbonyl (C=O) groups is 2. The number of hydrogen-bond donors (Lipinski definition) is 1. The number of carbonyl (C=O) groups excluding carboxylic acids is 2. The standard InChI is InChI=1S/C25H32BrNO7/c1-3-19(32-14-18-8-5-4-6-9-18)15-31-13-7-10-20-11-12-21(34-20)23(28)17(2)24(29)27-22(26)16-33-25(27)30/h4-6,8-9,11-12,17,19,22-23,28H,3,7,10,13-16H2,1-2H3/t17-,19+,22+,23-/m0/s1. The zero-order valence-electron chi connectivity index (χ0n) is 19.5. The topological polar surface area (TPSA) is 98.4 Å². The Morgan fingerprint density at radius 3 is 2.71 bits per heavy atom. The maximum Gasteiger partial charge on any atom is 0.417 e. The van der Waals surface area contributed by atoms with Crippen LogP contribution in [0, 0.1) is 5.92 Å². The van der Waals surface area contributed by atoms with Crippen molar-refractivity contribution in [1.82, 2.24) is 4.90 Å². The van der Waals surface area contributed by atoms with Gasteiger partial charge in [-0.1, -0.05) is 60.1 Å². The van der Waals surface area contributed by atoms with Crippen molar-refractivity contribution in [1.29, 1.82) is 0 Å². The van der Waals surface area contributed by atoms with Crippen LogP contribution in [0.1, 0.15) is 49.9 Å². The second-order valence-electron chi connectivity index (χ2n) is 8.26. The van der Waals surface area contributed by atoms with Crippen LogP contribution in [0.4, 0.5) is 4.79 Å². The van der Waals surface area contributed by atoms with Crippen LogP contribution in [-0.4, -0.2) is 52.9 Å². The van der Waals surface area contributed by atoms with Gasteiger partial charge in [-0.25, -0.2) is 9.69 Å². The predicted octanol–water partition coefficient (Wildman–Crippen LogP) is 4.59. The highest BCUT2D eigenvalue weighted by Crippen LogP contribution is 2.29. The van der Waals surface area contributed by atoms with Gasteiger partial charge in [-0.15, -0.1) is 0 Å². The number of halogens is 1. The summed E-state index contributed by atoms with van der Waals surface area (Å²) in [4.78, 5) is 24.8. The lowest BCUT2D eigenvalue weighted by molar-refractivity contribution is -0.135. The average Bonchev–Trinajstić information content (AvgIpc) is 3.46. The van der Waals surface area contributed by atoms with Gasteiger partial charge >= 0.3 is 6.09 Å². The molecule has 1 fully saturated rings. The molecule has 0 aliphatic carbocycles. The highest BCUT2D eigenvalue weighted by atomic mass is 79.9. The molecule has 2 amide bonds. The van der Waals surface area contributed by atoms with Crippen LogP contribution in [-0.2, 0) is 32.0 Å². The molecule has 2 aromatic rings. The number of ether oxygens (including phenoxy) is 3. The normalized spacial score (nSPS) is 18.5. The molecule has 1 saturated heterocycles. The number of imide groups is 1. The molecule has 1 N–H and O–H groups in total. The van der Waals surface area contributed by atoms with Crippen LogP contribution >= 0.6 is 15.9 Å². The first-order chi connectivity index (χ1) is 16.4. The maximum atomic E-state index is 12.6. The van der Waals surface area contributed by atoms with E-state index in [2.05, 4.69) is 22.9 Å². The largest absolute Gasteiger partial charge is 0.463 e. The minimum Gasteiger partial charge on any atom is -0.463 e. The van der Waals surface area contributed by atoms with Gasteiger partial charge in [-0.2, -0.15) is 0 Å². The van der Waals surface area contributed by atoms with Gasteiger partial charge in [0.25, 0.3) is 0 Å². The first kappa shape index (κ1) is 26.4. The van der Waals surface area contributed by atoms with E-state index in [4.69, 9.17) is 18.6 Å². The summed E-state index contributed by atoms with van der Waals surface area (Å²) in [5.41, 5.74) is 1.14. The Kier molecular flexibility index (Phi) is 10.1. The fraction of sp³-hybridized carbons (Fsp3) is 0.520. The van der Waals surface area contributed by atoms with Gasteiger partial charge in [-0.05, 0) is 30.5 Å². The molecule has 1 aromatic heterocycles. The van der Waals surface area contributed by atoms with Gasteiger partial charge in [0, 0.05) is 13.0 Å². The van der Waals surface area contributed by atoms with E-state index in [9.17, 15) is 14.7 Å². The van der Waals surface area contributed by atoms with Gasteiger partial charge in [0.1, 0.15) is 29.2 Å². The fourth-order valence-electron chi connectivity index (χ4n) is 3.55. The van der Waals surface area contributed by atoms with Gasteiger partial charge in [0.05, 0.1) is 25.2 Å². The molecule has 1 aromatic carbocycles. The van der Waals surface area contributed by atoms with Crippen molar-refractivity contribution < 1.29 is 33.3 Å². The Labute approximate surface area is 208 Å². The summed E-state index contributed by atoms with van der Waals surface area (Å²) < 4.78 is 22.3. The molecule has 0 radical (unpaired) electrons. The van der Waals surface area contributed by atoms with Crippen LogP contribution in [0.3, 0.4) is 0 Å². The first-order valence-electron chi connectivity index (χ1n) is 11.5. The summed E-state index contributed by atoms with van der Waals surface area (Å²) in [6.07, 6.45) is 0.403. The van der Waals surface area contributed by atoms with E-state index in [0.717, 1.165) is 23.3 Å². The van der Waals surface area contributed by atoms with Crippen LogP contribution in [0.5, 0.6) is 0 Å². The number of alkyl halides is 1. The van der Waals surface area contributed by atoms with Crippen LogP contribution in [0.25, 0.3) is 0 Å². The molecule has 3 rings (SSSR count). The summed E-state index contributed by atoms with van der Waals surface area (Å²) in [6.45, 7) is 5.36. The van der Waals surface area contributed by atoms with E-state index in [1.807, 2.05) is 30.3 Å². The van der Waals surface area contributed by atoms with E-state index in [1.165, 1.54) is 0 Å². The van der Waals surface area contributed by atoms with Gasteiger partial charge in [0.2, 0.25) is 5.91 Å². The predicted molar refractivity (Wildman–Crippen MR) is 128 cm³/mol. The molecule has 186 valence electrons. The number of benzene rings is 1. The first-order valence-corrected chi connectivity index (χ1v) is 12.5. The van der Waals surface area contributed by atoms with Crippen molar-refractivity contribution in [3.8, 4) is 0 Å². The molecule has 2 heterocycles. The number of cyclic esters (lactones) is 1. The number of rotatable bonds is 13. The van der Waals surface area contributed by atoms with E-state index < -0.39 is 29.0 Å². The Hall–Kier alpha value is -2.20. The molecule has 0 bridgehead atoms. The molecule has 34 heavy (non-hydrogen) atoms. The van der Waals surface area contributed by atoms with E-state index in [1.54, 1.807) is 19.1 Å². The van der Waals surface area contributed by atoms with E-state index >= 15 is 0 Å². The SMILES string of the molecule is CC[C@H](COCCCc1ccc([C@@H](O)[C@H](C)C(=O)N2C(=O)OC[C@@H]2Br)o1)OCc1ccccc1. The summed E-state index contributed by atoms with van der Waals surface area (Å²) >= 11 is 3.23. The molecule has 8 nitrogen and oxygen atoms in total. The Morgan fingerprint density at radius 2 is 2.03 bits per heavy atom. The Bertz CT molecular complexity index is 919. The molecular formula is C25H32BrNO7. The van der Waals surface area contributed by atoms with E-state index in [-0.39, 0.29) is 18.5 Å². The smallest absolute Gasteiger partial charge is 0.417 e. The lowest BCUT2D eigenvalue weighted by Gasteiger charge is -2.22. The third kappa shape index (κ3) is 7.15. The van der Waals surface area contributed by atoms with Crippen molar-refractivity contribution in [2.24, 2.45) is 5.92 Å². The van der Waals surface area contributed by atoms with Crippen molar-refractivity contribution in [2.75, 3.05) is 19.8 Å². The molecule has 0 saturated carbocycles. The molecular weight excluding hydrogens is 506 g/mol. The average molecular weight is 538 g/mol. The number of hydrogen-bond acceptors (Lipinski definition) is 7. The van der Waals surface area contributed by atoms with Crippen molar-refractivity contribution >= 4 is 27.9 Å². The number of aryl methyl sites for hydroxylation is 1. The number of furan rings is 1. The molecule has 0 unspecified atom stereocenters. The van der Waals surface area contributed by atoms with Gasteiger partial charge in [0.15, 0.2) is 0 Å². The third-order valence-electron chi connectivity index (χ3n) is 5.70. The van der Waals surface area contributed by atoms with Crippen LogP contribution < -0.4 is 0 Å². The van der Waals surface area contributed by atoms with Crippen molar-refractivity contribution in [2.45, 2.75) is 56.9 Å². The lowest BCUT2D eigenvalue weighted by Crippen LogP contribution is -2.41. The molecule has 9 heteroatoms. The second-order valence-corrected chi connectivity index (χ2v) is 9.32. The number of amides is 2. The Morgan fingerprint density at radius 1 is 1.26 bits per heavy atom. The molecule has 0 spiro atoms. The summed E-state index contributed by atoms with van der Waals surface area (Å²) in [7, 11) is 0. The van der Waals surface area contributed by atoms with Gasteiger partial charge < -0.3 is 23.7 Å². The summed E-state index contributed by atoms with van der Waals surface area (Å²) in [6, 6.07) is 13.5. The lowest BCUT2D eigenvalue weighted by atomic mass is 10.0. The maximum absolute atomic E-state index is 12.6. The van der Waals surface area contributed by atoms with Crippen LogP contribution in [0.15, 0.2) is 46.9 Å². The zero-order chi connectivity index (χ0) is 24.5. The molecule has 1 aliphatic heterocycles. The summed E-state index contributed by atoms with van der Waals surface area (Å²) in [5, 5.41) is 10.6. The van der Waals surface area contributed by atoms with Crippen molar-refractivity contribution in [3.63, 3.8) is 0 Å². The second kappa shape index (κ2) is 13.0. The monoisotopic (exact) mass is 537 g/mol. The molecule has 1 aliphatic rings. The quantitative estimate of drug-likeness (QED) is 0.226. The molecule has 4 atom stereocenters. The highest BCUT2D eigenvalue weighted by molar-refractivity contribution is 9.09. The summed E-state index contributed by atoms with van der Waals surface area (Å²) in [5.74, 6) is -0.405. The zero-order valence-corrected chi connectivity index (χ0v) is 21.1. The van der Waals surface area contributed by atoms with Crippen LogP contribution in [0.2, 0.25) is 0 Å². The Balaban J connectivity index is 1.38.